The van der Waals surface area contributed by atoms with Crippen molar-refractivity contribution in [1.82, 2.24) is 4.98 Å². The zero-order chi connectivity index (χ0) is 30.4. The number of thiol groups is 1. The Hall–Kier alpha value is -4.04. The molecule has 0 fully saturated rings. The lowest BCUT2D eigenvalue weighted by Crippen LogP contribution is -2.22. The van der Waals surface area contributed by atoms with Gasteiger partial charge in [0.2, 0.25) is 5.91 Å². The molecule has 1 atom stereocenters. The SMILES string of the molecule is C=C(C(N)=O)c1[nH]c2ccc(N)c(C=N)c2c1N=C(C)/C(=C/C=C\C)C(C)Nc1cccc(S)c1.CC.CCC. The molecule has 40 heavy (non-hydrogen) atoms. The quantitative estimate of drug-likeness (QED) is 0.0519. The number of rotatable bonds is 9. The molecule has 0 saturated carbocycles. The van der Waals surface area contributed by atoms with Gasteiger partial charge in [-0.05, 0) is 56.7 Å². The van der Waals surface area contributed by atoms with Crippen LogP contribution in [0.1, 0.15) is 66.1 Å². The first-order chi connectivity index (χ1) is 19.1. The summed E-state index contributed by atoms with van der Waals surface area (Å²) in [4.78, 5) is 21.0. The van der Waals surface area contributed by atoms with Gasteiger partial charge in [-0.25, -0.2) is 0 Å². The van der Waals surface area contributed by atoms with E-state index in [1.165, 1.54) is 12.6 Å². The number of primary amides is 1. The van der Waals surface area contributed by atoms with Crippen LogP contribution in [0.5, 0.6) is 0 Å². The zero-order valence-electron chi connectivity index (χ0n) is 24.7. The second kappa shape index (κ2) is 16.8. The van der Waals surface area contributed by atoms with E-state index in [-0.39, 0.29) is 11.6 Å². The van der Waals surface area contributed by atoms with Gasteiger partial charge in [0.05, 0.1) is 23.0 Å². The van der Waals surface area contributed by atoms with Gasteiger partial charge in [0.15, 0.2) is 0 Å². The van der Waals surface area contributed by atoms with E-state index in [0.717, 1.165) is 16.2 Å². The Labute approximate surface area is 244 Å². The highest BCUT2D eigenvalue weighted by Crippen LogP contribution is 2.38. The number of aromatic nitrogens is 1. The fourth-order valence-electron chi connectivity index (χ4n) is 3.86. The van der Waals surface area contributed by atoms with Gasteiger partial charge in [0, 0.05) is 44.7 Å². The number of nitrogen functional groups attached to an aromatic ring is 1. The molecule has 0 radical (unpaired) electrons. The molecule has 8 heteroatoms. The maximum absolute atomic E-state index is 12.0. The first-order valence-corrected chi connectivity index (χ1v) is 13.9. The molecule has 1 amide bonds. The van der Waals surface area contributed by atoms with Gasteiger partial charge in [-0.2, -0.15) is 0 Å². The Morgan fingerprint density at radius 1 is 1.25 bits per heavy atom. The van der Waals surface area contributed by atoms with Crippen molar-refractivity contribution in [3.8, 4) is 0 Å². The summed E-state index contributed by atoms with van der Waals surface area (Å²) in [7, 11) is 0. The molecule has 7 nitrogen and oxygen atoms in total. The van der Waals surface area contributed by atoms with Crippen molar-refractivity contribution < 1.29 is 4.79 Å². The summed E-state index contributed by atoms with van der Waals surface area (Å²) < 4.78 is 0. The minimum atomic E-state index is -0.665. The summed E-state index contributed by atoms with van der Waals surface area (Å²) in [6.07, 6.45) is 8.31. The van der Waals surface area contributed by atoms with Crippen LogP contribution in [0.4, 0.5) is 17.1 Å². The molecule has 1 heterocycles. The highest BCUT2D eigenvalue weighted by molar-refractivity contribution is 7.80. The van der Waals surface area contributed by atoms with E-state index in [2.05, 4.69) is 43.4 Å². The smallest absolute Gasteiger partial charge is 0.250 e. The second-order valence-electron chi connectivity index (χ2n) is 8.80. The fraction of sp³-hybridized carbons (Fsp3) is 0.281. The molecule has 0 aliphatic carbocycles. The van der Waals surface area contributed by atoms with Crippen molar-refractivity contribution in [2.24, 2.45) is 10.7 Å². The molecule has 0 saturated heterocycles. The highest BCUT2D eigenvalue weighted by atomic mass is 32.1. The van der Waals surface area contributed by atoms with Crippen molar-refractivity contribution in [2.45, 2.75) is 65.8 Å². The van der Waals surface area contributed by atoms with Crippen LogP contribution in [-0.4, -0.2) is 28.9 Å². The Morgan fingerprint density at radius 2 is 1.90 bits per heavy atom. The number of hydrogen-bond acceptors (Lipinski definition) is 6. The predicted octanol–water partition coefficient (Wildman–Crippen LogP) is 8.07. The van der Waals surface area contributed by atoms with Crippen LogP contribution < -0.4 is 16.8 Å². The van der Waals surface area contributed by atoms with Crippen LogP contribution >= 0.6 is 12.6 Å². The molecule has 3 rings (SSSR count). The third kappa shape index (κ3) is 8.74. The average Bonchev–Trinajstić information content (AvgIpc) is 3.28. The number of nitrogens with two attached hydrogens (primary N) is 2. The second-order valence-corrected chi connectivity index (χ2v) is 9.31. The number of carbonyl (C=O) groups excluding carboxylic acids is 1. The Balaban J connectivity index is 0.00000150. The lowest BCUT2D eigenvalue weighted by atomic mass is 10.0. The van der Waals surface area contributed by atoms with Gasteiger partial charge < -0.3 is 27.2 Å². The predicted molar refractivity (Wildman–Crippen MR) is 179 cm³/mol. The van der Waals surface area contributed by atoms with Crippen molar-refractivity contribution in [1.29, 1.82) is 5.41 Å². The molecule has 1 unspecified atom stereocenters. The minimum Gasteiger partial charge on any atom is -0.398 e. The van der Waals surface area contributed by atoms with E-state index in [4.69, 9.17) is 21.9 Å². The highest BCUT2D eigenvalue weighted by Gasteiger charge is 2.21. The largest absolute Gasteiger partial charge is 0.398 e. The lowest BCUT2D eigenvalue weighted by molar-refractivity contribution is -0.112. The number of aliphatic imine (C=N–C) groups is 1. The van der Waals surface area contributed by atoms with Gasteiger partial charge >= 0.3 is 0 Å². The zero-order valence-corrected chi connectivity index (χ0v) is 25.6. The third-order valence-electron chi connectivity index (χ3n) is 5.62. The van der Waals surface area contributed by atoms with Gasteiger partial charge in [0.25, 0.3) is 0 Å². The van der Waals surface area contributed by atoms with Gasteiger partial charge in [-0.1, -0.05) is 65.0 Å². The first kappa shape index (κ1) is 34.0. The molecule has 2 aromatic carbocycles. The molecule has 1 aromatic heterocycles. The molecule has 0 aliphatic rings. The van der Waals surface area contributed by atoms with Crippen LogP contribution in [0, 0.1) is 5.41 Å². The minimum absolute atomic E-state index is 0.0954. The van der Waals surface area contributed by atoms with E-state index in [9.17, 15) is 4.79 Å². The molecule has 0 spiro atoms. The van der Waals surface area contributed by atoms with Crippen LogP contribution in [-0.2, 0) is 4.79 Å². The van der Waals surface area contributed by atoms with Crippen LogP contribution in [0.25, 0.3) is 16.5 Å². The summed E-state index contributed by atoms with van der Waals surface area (Å²) in [6, 6.07) is 11.2. The van der Waals surface area contributed by atoms with Crippen molar-refractivity contribution in [3.05, 3.63) is 78.0 Å². The normalized spacial score (nSPS) is 12.2. The van der Waals surface area contributed by atoms with Gasteiger partial charge in [-0.3, -0.25) is 9.79 Å². The summed E-state index contributed by atoms with van der Waals surface area (Å²) in [5.41, 5.74) is 16.8. The number of allylic oxidation sites excluding steroid dienone is 3. The summed E-state index contributed by atoms with van der Waals surface area (Å²) in [5, 5.41) is 12.0. The van der Waals surface area contributed by atoms with E-state index in [0.29, 0.717) is 39.2 Å². The lowest BCUT2D eigenvalue weighted by Gasteiger charge is -2.19. The van der Waals surface area contributed by atoms with Crippen molar-refractivity contribution >= 4 is 64.0 Å². The Morgan fingerprint density at radius 3 is 2.45 bits per heavy atom. The van der Waals surface area contributed by atoms with Gasteiger partial charge in [-0.15, -0.1) is 12.6 Å². The monoisotopic (exact) mass is 560 g/mol. The molecular weight excluding hydrogens is 516 g/mol. The molecule has 3 aromatic rings. The van der Waals surface area contributed by atoms with E-state index in [1.54, 1.807) is 12.1 Å². The maximum atomic E-state index is 12.0. The number of fused-ring (bicyclic) bond motifs is 1. The van der Waals surface area contributed by atoms with E-state index >= 15 is 0 Å². The Kier molecular flexibility index (Phi) is 14.3. The van der Waals surface area contributed by atoms with Crippen LogP contribution in [0.3, 0.4) is 0 Å². The fourth-order valence-corrected chi connectivity index (χ4v) is 4.08. The summed E-state index contributed by atoms with van der Waals surface area (Å²) in [5.74, 6) is -0.665. The number of nitrogens with one attached hydrogen (secondary N) is 3. The third-order valence-corrected chi connectivity index (χ3v) is 5.90. The molecular formula is C32H44N6OS. The van der Waals surface area contributed by atoms with Gasteiger partial charge in [0.1, 0.15) is 0 Å². The van der Waals surface area contributed by atoms with E-state index < -0.39 is 5.91 Å². The maximum Gasteiger partial charge on any atom is 0.250 e. The Bertz CT molecular complexity index is 1410. The topological polar surface area (TPSA) is 133 Å². The molecule has 0 aliphatic heterocycles. The number of H-pyrrole nitrogens is 1. The molecule has 214 valence electrons. The molecule has 0 bridgehead atoms. The number of anilines is 2. The molecule has 7 N–H and O–H groups in total. The van der Waals surface area contributed by atoms with E-state index in [1.807, 2.05) is 77.1 Å². The number of aromatic amines is 1. The number of nitrogens with zero attached hydrogens (tertiary/aromatic N) is 1. The van der Waals surface area contributed by atoms with Crippen molar-refractivity contribution in [2.75, 3.05) is 11.1 Å². The number of carbonyl (C=O) groups is 1. The van der Waals surface area contributed by atoms with Crippen LogP contribution in [0.15, 0.2) is 76.7 Å². The van der Waals surface area contributed by atoms with Crippen LogP contribution in [0.2, 0.25) is 0 Å². The first-order valence-electron chi connectivity index (χ1n) is 13.5. The number of amides is 1. The standard InChI is InChI=1S/C27H30N6OS.C3H8.C2H6/c1-5-6-10-20(16(3)31-18-8-7-9-19(35)13-18)17(4)32-26-24-21(14-28)22(29)11-12-23(24)33-25(26)15(2)27(30)34;1-3-2;1-2/h5-14,16,28,31,33,35H,2,29H2,1,3-4H3,(H2,30,34);3H2,1-2H3;1-2H3/b6-5-,20-10+,28-14?,32-17?;;. The average molecular weight is 561 g/mol. The number of benzene rings is 2. The summed E-state index contributed by atoms with van der Waals surface area (Å²) >= 11 is 4.42. The van der Waals surface area contributed by atoms with Crippen molar-refractivity contribution in [3.63, 3.8) is 0 Å². The number of hydrogen-bond donors (Lipinski definition) is 6. The summed E-state index contributed by atoms with van der Waals surface area (Å²) in [6.45, 7) is 18.0.